The van der Waals surface area contributed by atoms with Gasteiger partial charge in [-0.2, -0.15) is 0 Å². The van der Waals surface area contributed by atoms with Gasteiger partial charge in [0.1, 0.15) is 6.61 Å². The first-order chi connectivity index (χ1) is 9.20. The number of rotatable bonds is 4. The van der Waals surface area contributed by atoms with Crippen molar-refractivity contribution in [3.05, 3.63) is 70.8 Å². The molecule has 0 fully saturated rings. The van der Waals surface area contributed by atoms with Crippen LogP contribution in [-0.4, -0.2) is 5.97 Å². The fourth-order valence-corrected chi connectivity index (χ4v) is 2.13. The van der Waals surface area contributed by atoms with Crippen LogP contribution >= 0.6 is 15.9 Å². The van der Waals surface area contributed by atoms with Crippen LogP contribution in [0.25, 0.3) is 0 Å². The first-order valence-corrected chi connectivity index (χ1v) is 7.19. The van der Waals surface area contributed by atoms with E-state index < -0.39 is 0 Å². The SMILES string of the molecule is Cc1ccccc1C(=O)OCc1ccc(CBr)cc1. The van der Waals surface area contributed by atoms with Gasteiger partial charge in [-0.05, 0) is 29.7 Å². The number of aryl methyl sites for hydroxylation is 1. The van der Waals surface area contributed by atoms with E-state index in [1.54, 1.807) is 6.07 Å². The van der Waals surface area contributed by atoms with E-state index in [2.05, 4.69) is 15.9 Å². The highest BCUT2D eigenvalue weighted by Gasteiger charge is 2.09. The van der Waals surface area contributed by atoms with Gasteiger partial charge in [-0.1, -0.05) is 58.4 Å². The van der Waals surface area contributed by atoms with E-state index in [1.165, 1.54) is 5.56 Å². The normalized spacial score (nSPS) is 10.2. The lowest BCUT2D eigenvalue weighted by Gasteiger charge is -2.07. The zero-order valence-corrected chi connectivity index (χ0v) is 12.3. The maximum Gasteiger partial charge on any atom is 0.338 e. The molecule has 2 rings (SSSR count). The van der Waals surface area contributed by atoms with Crippen LogP contribution < -0.4 is 0 Å². The first-order valence-electron chi connectivity index (χ1n) is 6.07. The number of alkyl halides is 1. The van der Waals surface area contributed by atoms with Gasteiger partial charge in [0.15, 0.2) is 0 Å². The van der Waals surface area contributed by atoms with E-state index in [0.29, 0.717) is 12.2 Å². The molecular formula is C16H15BrO2. The Hall–Kier alpha value is -1.61. The Kier molecular flexibility index (Phi) is 4.74. The third kappa shape index (κ3) is 3.67. The largest absolute Gasteiger partial charge is 0.457 e. The lowest BCUT2D eigenvalue weighted by atomic mass is 10.1. The van der Waals surface area contributed by atoms with Crippen molar-refractivity contribution >= 4 is 21.9 Å². The Morgan fingerprint density at radius 3 is 2.32 bits per heavy atom. The summed E-state index contributed by atoms with van der Waals surface area (Å²) >= 11 is 3.40. The number of hydrogen-bond acceptors (Lipinski definition) is 2. The number of benzene rings is 2. The molecular weight excluding hydrogens is 304 g/mol. The molecule has 0 aliphatic rings. The summed E-state index contributed by atoms with van der Waals surface area (Å²) in [6.07, 6.45) is 0. The molecule has 0 radical (unpaired) electrons. The fraction of sp³-hybridized carbons (Fsp3) is 0.188. The molecule has 0 saturated heterocycles. The number of hydrogen-bond donors (Lipinski definition) is 0. The summed E-state index contributed by atoms with van der Waals surface area (Å²) in [6.45, 7) is 2.21. The molecule has 0 atom stereocenters. The zero-order chi connectivity index (χ0) is 13.7. The molecule has 0 heterocycles. The van der Waals surface area contributed by atoms with Crippen molar-refractivity contribution in [1.29, 1.82) is 0 Å². The minimum Gasteiger partial charge on any atom is -0.457 e. The Bertz CT molecular complexity index is 561. The molecule has 98 valence electrons. The summed E-state index contributed by atoms with van der Waals surface area (Å²) in [7, 11) is 0. The highest BCUT2D eigenvalue weighted by Crippen LogP contribution is 2.12. The van der Waals surface area contributed by atoms with E-state index in [0.717, 1.165) is 16.5 Å². The minimum absolute atomic E-state index is 0.275. The van der Waals surface area contributed by atoms with Crippen LogP contribution in [0.1, 0.15) is 27.0 Å². The topological polar surface area (TPSA) is 26.3 Å². The average molecular weight is 319 g/mol. The molecule has 19 heavy (non-hydrogen) atoms. The molecule has 0 bridgehead atoms. The van der Waals surface area contributed by atoms with Crippen molar-refractivity contribution in [2.75, 3.05) is 0 Å². The van der Waals surface area contributed by atoms with Crippen LogP contribution in [0.4, 0.5) is 0 Å². The summed E-state index contributed by atoms with van der Waals surface area (Å²) in [6, 6.07) is 15.4. The summed E-state index contributed by atoms with van der Waals surface area (Å²) in [4.78, 5) is 11.9. The molecule has 2 aromatic carbocycles. The lowest BCUT2D eigenvalue weighted by Crippen LogP contribution is -2.06. The maximum absolute atomic E-state index is 11.9. The van der Waals surface area contributed by atoms with Crippen LogP contribution in [0.3, 0.4) is 0 Å². The van der Waals surface area contributed by atoms with Gasteiger partial charge in [-0.15, -0.1) is 0 Å². The second-order valence-electron chi connectivity index (χ2n) is 4.34. The summed E-state index contributed by atoms with van der Waals surface area (Å²) in [5, 5.41) is 0.830. The van der Waals surface area contributed by atoms with Gasteiger partial charge in [0.2, 0.25) is 0 Å². The van der Waals surface area contributed by atoms with Crippen LogP contribution in [0.2, 0.25) is 0 Å². The minimum atomic E-state index is -0.275. The number of esters is 1. The molecule has 2 aromatic rings. The van der Waals surface area contributed by atoms with E-state index in [1.807, 2.05) is 49.4 Å². The standard InChI is InChI=1S/C16H15BrO2/c1-12-4-2-3-5-15(12)16(18)19-11-14-8-6-13(10-17)7-9-14/h2-9H,10-11H2,1H3. The van der Waals surface area contributed by atoms with Crippen molar-refractivity contribution in [2.45, 2.75) is 18.9 Å². The summed E-state index contributed by atoms with van der Waals surface area (Å²) in [5.74, 6) is -0.275. The monoisotopic (exact) mass is 318 g/mol. The van der Waals surface area contributed by atoms with Gasteiger partial charge in [-0.3, -0.25) is 0 Å². The van der Waals surface area contributed by atoms with E-state index in [9.17, 15) is 4.79 Å². The Balaban J connectivity index is 1.98. The molecule has 0 amide bonds. The molecule has 0 aliphatic carbocycles. The molecule has 0 aromatic heterocycles. The smallest absolute Gasteiger partial charge is 0.338 e. The summed E-state index contributed by atoms with van der Waals surface area (Å²) < 4.78 is 5.32. The molecule has 0 saturated carbocycles. The van der Waals surface area contributed by atoms with Crippen LogP contribution in [0, 0.1) is 6.92 Å². The molecule has 2 nitrogen and oxygen atoms in total. The summed E-state index contributed by atoms with van der Waals surface area (Å²) in [5.41, 5.74) is 3.75. The fourth-order valence-electron chi connectivity index (χ4n) is 1.75. The Morgan fingerprint density at radius 1 is 1.05 bits per heavy atom. The number of halogens is 1. The third-order valence-corrected chi connectivity index (χ3v) is 3.56. The van der Waals surface area contributed by atoms with Crippen LogP contribution in [0.15, 0.2) is 48.5 Å². The van der Waals surface area contributed by atoms with Gasteiger partial charge >= 0.3 is 5.97 Å². The molecule has 0 aliphatic heterocycles. The van der Waals surface area contributed by atoms with Gasteiger partial charge in [0.25, 0.3) is 0 Å². The van der Waals surface area contributed by atoms with Crippen molar-refractivity contribution in [1.82, 2.24) is 0 Å². The second-order valence-corrected chi connectivity index (χ2v) is 4.90. The van der Waals surface area contributed by atoms with Crippen molar-refractivity contribution in [3.63, 3.8) is 0 Å². The average Bonchev–Trinajstić information content (AvgIpc) is 2.46. The predicted octanol–water partition coefficient (Wildman–Crippen LogP) is 4.25. The van der Waals surface area contributed by atoms with E-state index in [4.69, 9.17) is 4.74 Å². The predicted molar refractivity (Wildman–Crippen MR) is 79.4 cm³/mol. The van der Waals surface area contributed by atoms with Gasteiger partial charge in [0, 0.05) is 5.33 Å². The maximum atomic E-state index is 11.9. The zero-order valence-electron chi connectivity index (χ0n) is 10.7. The number of carbonyl (C=O) groups is 1. The highest BCUT2D eigenvalue weighted by atomic mass is 79.9. The van der Waals surface area contributed by atoms with Crippen LogP contribution in [0.5, 0.6) is 0 Å². The van der Waals surface area contributed by atoms with Crippen molar-refractivity contribution in [2.24, 2.45) is 0 Å². The van der Waals surface area contributed by atoms with Gasteiger partial charge in [0.05, 0.1) is 5.56 Å². The van der Waals surface area contributed by atoms with E-state index in [-0.39, 0.29) is 5.97 Å². The molecule has 0 unspecified atom stereocenters. The van der Waals surface area contributed by atoms with Crippen LogP contribution in [-0.2, 0) is 16.7 Å². The van der Waals surface area contributed by atoms with Gasteiger partial charge in [-0.25, -0.2) is 4.79 Å². The second kappa shape index (κ2) is 6.53. The first kappa shape index (κ1) is 13.8. The Labute approximate surface area is 121 Å². The third-order valence-electron chi connectivity index (χ3n) is 2.91. The molecule has 0 N–H and O–H groups in total. The van der Waals surface area contributed by atoms with E-state index >= 15 is 0 Å². The van der Waals surface area contributed by atoms with Crippen molar-refractivity contribution < 1.29 is 9.53 Å². The number of carbonyl (C=O) groups excluding carboxylic acids is 1. The quantitative estimate of drug-likeness (QED) is 0.622. The highest BCUT2D eigenvalue weighted by molar-refractivity contribution is 9.08. The molecule has 3 heteroatoms. The lowest BCUT2D eigenvalue weighted by molar-refractivity contribution is 0.0472. The van der Waals surface area contributed by atoms with Gasteiger partial charge < -0.3 is 4.74 Å². The van der Waals surface area contributed by atoms with Crippen molar-refractivity contribution in [3.8, 4) is 0 Å². The number of ether oxygens (including phenoxy) is 1. The Morgan fingerprint density at radius 2 is 1.68 bits per heavy atom. The molecule has 0 spiro atoms.